The first-order chi connectivity index (χ1) is 12.6. The number of anilines is 1. The highest BCUT2D eigenvalue weighted by atomic mass is 35.5. The molecule has 0 aliphatic heterocycles. The molecule has 2 rings (SSSR count). The van der Waals surface area contributed by atoms with E-state index in [-0.39, 0.29) is 22.8 Å². The molecule has 1 aromatic heterocycles. The lowest BCUT2D eigenvalue weighted by molar-refractivity contribution is -0.113. The quantitative estimate of drug-likeness (QED) is 0.689. The average Bonchev–Trinajstić information content (AvgIpc) is 3.00. The Morgan fingerprint density at radius 2 is 2.07 bits per heavy atom. The summed E-state index contributed by atoms with van der Waals surface area (Å²) in [6, 6.07) is 6.33. The zero-order valence-electron chi connectivity index (χ0n) is 15.4. The van der Waals surface area contributed by atoms with Gasteiger partial charge in [-0.25, -0.2) is 4.79 Å². The summed E-state index contributed by atoms with van der Waals surface area (Å²) in [6.45, 7) is 7.01. The summed E-state index contributed by atoms with van der Waals surface area (Å²) in [5.41, 5.74) is 0.00483. The maximum atomic E-state index is 12.0. The van der Waals surface area contributed by atoms with Crippen LogP contribution in [0.15, 0.2) is 33.9 Å². The molecule has 1 aromatic carbocycles. The SMILES string of the molecule is C[C@H](NC(=O)OC(C)(C)C)c1nnc(SCC(=O)Nc2cccc(Cl)c2)o1. The van der Waals surface area contributed by atoms with Crippen molar-refractivity contribution in [2.75, 3.05) is 11.1 Å². The molecular formula is C17H21ClN4O4S. The Bertz CT molecular complexity index is 806. The van der Waals surface area contributed by atoms with Crippen LogP contribution in [-0.4, -0.2) is 33.6 Å². The molecule has 2 amide bonds. The van der Waals surface area contributed by atoms with Crippen molar-refractivity contribution in [2.24, 2.45) is 0 Å². The highest BCUT2D eigenvalue weighted by Gasteiger charge is 2.21. The summed E-state index contributed by atoms with van der Waals surface area (Å²) in [7, 11) is 0. The van der Waals surface area contributed by atoms with E-state index in [1.807, 2.05) is 0 Å². The number of halogens is 1. The zero-order valence-corrected chi connectivity index (χ0v) is 17.0. The summed E-state index contributed by atoms with van der Waals surface area (Å²) in [6.07, 6.45) is -0.580. The van der Waals surface area contributed by atoms with Crippen LogP contribution < -0.4 is 10.6 Å². The van der Waals surface area contributed by atoms with Gasteiger partial charge in [0.1, 0.15) is 11.6 Å². The second-order valence-electron chi connectivity index (χ2n) is 6.62. The van der Waals surface area contributed by atoms with Crippen molar-refractivity contribution in [3.63, 3.8) is 0 Å². The van der Waals surface area contributed by atoms with Crippen molar-refractivity contribution in [2.45, 2.75) is 44.6 Å². The molecule has 0 aliphatic rings. The van der Waals surface area contributed by atoms with Crippen LogP contribution in [0.2, 0.25) is 5.02 Å². The maximum absolute atomic E-state index is 12.0. The minimum Gasteiger partial charge on any atom is -0.444 e. The molecule has 0 saturated heterocycles. The Hall–Kier alpha value is -2.26. The average molecular weight is 413 g/mol. The summed E-state index contributed by atoms with van der Waals surface area (Å²) < 4.78 is 10.6. The van der Waals surface area contributed by atoms with E-state index in [9.17, 15) is 9.59 Å². The van der Waals surface area contributed by atoms with E-state index in [0.717, 1.165) is 11.8 Å². The number of hydrogen-bond acceptors (Lipinski definition) is 7. The fourth-order valence-electron chi connectivity index (χ4n) is 1.89. The van der Waals surface area contributed by atoms with Gasteiger partial charge < -0.3 is 19.8 Å². The van der Waals surface area contributed by atoms with Crippen molar-refractivity contribution in [3.05, 3.63) is 35.2 Å². The lowest BCUT2D eigenvalue weighted by Crippen LogP contribution is -2.34. The maximum Gasteiger partial charge on any atom is 0.408 e. The van der Waals surface area contributed by atoms with Gasteiger partial charge in [0.15, 0.2) is 0 Å². The topological polar surface area (TPSA) is 106 Å². The summed E-state index contributed by atoms with van der Waals surface area (Å²) in [4.78, 5) is 23.7. The minimum atomic E-state index is -0.601. The number of carbonyl (C=O) groups excluding carboxylic acids is 2. The van der Waals surface area contributed by atoms with Crippen molar-refractivity contribution in [1.82, 2.24) is 15.5 Å². The molecule has 0 aliphatic carbocycles. The van der Waals surface area contributed by atoms with Gasteiger partial charge in [-0.2, -0.15) is 0 Å². The number of benzene rings is 1. The number of thioether (sulfide) groups is 1. The van der Waals surface area contributed by atoms with Crippen LogP contribution in [0.3, 0.4) is 0 Å². The van der Waals surface area contributed by atoms with E-state index in [0.29, 0.717) is 10.7 Å². The third kappa shape index (κ3) is 7.48. The predicted molar refractivity (Wildman–Crippen MR) is 103 cm³/mol. The van der Waals surface area contributed by atoms with Gasteiger partial charge in [0, 0.05) is 10.7 Å². The molecule has 0 bridgehead atoms. The van der Waals surface area contributed by atoms with E-state index >= 15 is 0 Å². The number of nitrogens with one attached hydrogen (secondary N) is 2. The van der Waals surface area contributed by atoms with Crippen molar-refractivity contribution < 1.29 is 18.7 Å². The van der Waals surface area contributed by atoms with Crippen LogP contribution in [0.25, 0.3) is 0 Å². The molecule has 10 heteroatoms. The van der Waals surface area contributed by atoms with Gasteiger partial charge in [0.25, 0.3) is 5.22 Å². The van der Waals surface area contributed by atoms with Gasteiger partial charge >= 0.3 is 6.09 Å². The molecule has 146 valence electrons. The van der Waals surface area contributed by atoms with Crippen molar-refractivity contribution in [1.29, 1.82) is 0 Å². The largest absolute Gasteiger partial charge is 0.444 e. The number of amides is 2. The molecular weight excluding hydrogens is 392 g/mol. The van der Waals surface area contributed by atoms with Gasteiger partial charge in [-0.05, 0) is 45.9 Å². The standard InChI is InChI=1S/C17H21ClN4O4S/c1-10(19-15(24)26-17(2,3)4)14-21-22-16(25-14)27-9-13(23)20-12-7-5-6-11(18)8-12/h5-8,10H,9H2,1-4H3,(H,19,24)(H,20,23)/t10-/m0/s1. The lowest BCUT2D eigenvalue weighted by Gasteiger charge is -2.20. The molecule has 1 atom stereocenters. The fraction of sp³-hybridized carbons (Fsp3) is 0.412. The van der Waals surface area contributed by atoms with E-state index in [1.165, 1.54) is 0 Å². The van der Waals surface area contributed by atoms with E-state index in [4.69, 9.17) is 20.8 Å². The van der Waals surface area contributed by atoms with Crippen molar-refractivity contribution in [3.8, 4) is 0 Å². The molecule has 0 fully saturated rings. The van der Waals surface area contributed by atoms with E-state index < -0.39 is 17.7 Å². The first kappa shape index (κ1) is 21.0. The second kappa shape index (κ2) is 9.09. The number of rotatable bonds is 6. The Labute approximate surface area is 166 Å². The first-order valence-electron chi connectivity index (χ1n) is 8.13. The normalized spacial score (nSPS) is 12.3. The molecule has 8 nitrogen and oxygen atoms in total. The van der Waals surface area contributed by atoms with Gasteiger partial charge in [0.2, 0.25) is 11.8 Å². The molecule has 2 aromatic rings. The second-order valence-corrected chi connectivity index (χ2v) is 7.98. The summed E-state index contributed by atoms with van der Waals surface area (Å²) >= 11 is 6.97. The molecule has 0 saturated carbocycles. The van der Waals surface area contributed by atoms with Gasteiger partial charge in [0.05, 0.1) is 5.75 Å². The molecule has 0 radical (unpaired) electrons. The third-order valence-electron chi connectivity index (χ3n) is 2.96. The molecule has 2 N–H and O–H groups in total. The molecule has 27 heavy (non-hydrogen) atoms. The Morgan fingerprint density at radius 1 is 1.33 bits per heavy atom. The van der Waals surface area contributed by atoms with Crippen LogP contribution in [-0.2, 0) is 9.53 Å². The minimum absolute atomic E-state index is 0.0853. The predicted octanol–water partition coefficient (Wildman–Crippen LogP) is 4.04. The van der Waals surface area contributed by atoms with Crippen LogP contribution >= 0.6 is 23.4 Å². The number of hydrogen-bond donors (Lipinski definition) is 2. The smallest absolute Gasteiger partial charge is 0.408 e. The molecule has 0 spiro atoms. The Balaban J connectivity index is 1.83. The van der Waals surface area contributed by atoms with E-state index in [2.05, 4.69) is 20.8 Å². The highest BCUT2D eigenvalue weighted by Crippen LogP contribution is 2.21. The Morgan fingerprint density at radius 3 is 2.74 bits per heavy atom. The number of aromatic nitrogens is 2. The lowest BCUT2D eigenvalue weighted by atomic mass is 10.2. The monoisotopic (exact) mass is 412 g/mol. The fourth-order valence-corrected chi connectivity index (χ4v) is 2.65. The molecule has 0 unspecified atom stereocenters. The van der Waals surface area contributed by atoms with Crippen LogP contribution in [0.1, 0.15) is 39.6 Å². The summed E-state index contributed by atoms with van der Waals surface area (Å²) in [5, 5.41) is 13.8. The van der Waals surface area contributed by atoms with Gasteiger partial charge in [-0.1, -0.05) is 29.4 Å². The third-order valence-corrected chi connectivity index (χ3v) is 4.01. The van der Waals surface area contributed by atoms with Crippen LogP contribution in [0.4, 0.5) is 10.5 Å². The number of ether oxygens (including phenoxy) is 1. The van der Waals surface area contributed by atoms with E-state index in [1.54, 1.807) is 52.0 Å². The summed E-state index contributed by atoms with van der Waals surface area (Å²) in [5.74, 6) is 0.0720. The van der Waals surface area contributed by atoms with Crippen LogP contribution in [0, 0.1) is 0 Å². The first-order valence-corrected chi connectivity index (χ1v) is 9.50. The van der Waals surface area contributed by atoms with Gasteiger partial charge in [-0.15, -0.1) is 10.2 Å². The van der Waals surface area contributed by atoms with Crippen molar-refractivity contribution >= 4 is 41.1 Å². The molecule has 1 heterocycles. The zero-order chi connectivity index (χ0) is 20.0. The van der Waals surface area contributed by atoms with Gasteiger partial charge in [-0.3, -0.25) is 4.79 Å². The van der Waals surface area contributed by atoms with Crippen LogP contribution in [0.5, 0.6) is 0 Å². The highest BCUT2D eigenvalue weighted by molar-refractivity contribution is 7.99. The number of nitrogens with zero attached hydrogens (tertiary/aromatic N) is 2. The number of carbonyl (C=O) groups is 2. The number of alkyl carbamates (subject to hydrolysis) is 1. The Kier molecular flexibility index (Phi) is 7.09.